The molecular weight excluding hydrogens is 665 g/mol. The SMILES string of the molecule is CCCCCCCCCCCCCC(=O)OCC(COP(=O)(O)OCCNC(=O)OCCOC)OC(=O)CCCCCCCCCCCCC. The highest BCUT2D eigenvalue weighted by atomic mass is 31.2. The molecular formula is C37H72NO11P. The first-order valence-electron chi connectivity index (χ1n) is 19.6. The van der Waals surface area contributed by atoms with Crippen molar-refractivity contribution in [3.05, 3.63) is 0 Å². The topological polar surface area (TPSA) is 156 Å². The van der Waals surface area contributed by atoms with Gasteiger partial charge in [0.05, 0.1) is 19.8 Å². The number of phosphoric ester groups is 1. The lowest BCUT2D eigenvalue weighted by atomic mass is 10.1. The second kappa shape index (κ2) is 35.7. The van der Waals surface area contributed by atoms with Gasteiger partial charge in [-0.05, 0) is 12.8 Å². The smallest absolute Gasteiger partial charge is 0.462 e. The van der Waals surface area contributed by atoms with Gasteiger partial charge in [-0.2, -0.15) is 0 Å². The van der Waals surface area contributed by atoms with Gasteiger partial charge in [0.25, 0.3) is 0 Å². The number of carbonyl (C=O) groups is 3. The Morgan fingerprint density at radius 3 is 1.52 bits per heavy atom. The van der Waals surface area contributed by atoms with Crippen LogP contribution in [0.1, 0.15) is 168 Å². The number of amides is 1. The van der Waals surface area contributed by atoms with E-state index < -0.39 is 38.6 Å². The van der Waals surface area contributed by atoms with Crippen molar-refractivity contribution in [1.29, 1.82) is 0 Å². The molecule has 296 valence electrons. The number of methoxy groups -OCH3 is 1. The van der Waals surface area contributed by atoms with Crippen LogP contribution < -0.4 is 5.32 Å². The molecule has 0 spiro atoms. The summed E-state index contributed by atoms with van der Waals surface area (Å²) < 4.78 is 42.8. The summed E-state index contributed by atoms with van der Waals surface area (Å²) in [5.41, 5.74) is 0. The number of hydrogen-bond acceptors (Lipinski definition) is 10. The van der Waals surface area contributed by atoms with E-state index in [0.29, 0.717) is 12.8 Å². The van der Waals surface area contributed by atoms with E-state index in [4.69, 9.17) is 28.0 Å². The Hall–Kier alpha value is -1.72. The van der Waals surface area contributed by atoms with Crippen molar-refractivity contribution in [2.75, 3.05) is 46.7 Å². The lowest BCUT2D eigenvalue weighted by molar-refractivity contribution is -0.161. The van der Waals surface area contributed by atoms with Gasteiger partial charge >= 0.3 is 25.9 Å². The number of rotatable bonds is 37. The van der Waals surface area contributed by atoms with Crippen molar-refractivity contribution < 1.29 is 51.8 Å². The lowest BCUT2D eigenvalue weighted by Gasteiger charge is -2.20. The molecule has 50 heavy (non-hydrogen) atoms. The molecule has 0 aromatic heterocycles. The fourth-order valence-electron chi connectivity index (χ4n) is 5.28. The van der Waals surface area contributed by atoms with Crippen LogP contribution in [0.5, 0.6) is 0 Å². The van der Waals surface area contributed by atoms with Crippen LogP contribution in [0.25, 0.3) is 0 Å². The predicted molar refractivity (Wildman–Crippen MR) is 196 cm³/mol. The van der Waals surface area contributed by atoms with Gasteiger partial charge in [0.15, 0.2) is 6.10 Å². The van der Waals surface area contributed by atoms with Gasteiger partial charge in [0, 0.05) is 26.5 Å². The van der Waals surface area contributed by atoms with Gasteiger partial charge in [-0.1, -0.05) is 142 Å². The Morgan fingerprint density at radius 1 is 0.580 bits per heavy atom. The zero-order valence-corrected chi connectivity index (χ0v) is 32.7. The largest absolute Gasteiger partial charge is 0.472 e. The third-order valence-electron chi connectivity index (χ3n) is 8.27. The molecule has 2 N–H and O–H groups in total. The lowest BCUT2D eigenvalue weighted by Crippen LogP contribution is -2.30. The predicted octanol–water partition coefficient (Wildman–Crippen LogP) is 9.35. The van der Waals surface area contributed by atoms with E-state index in [2.05, 4.69) is 19.2 Å². The molecule has 0 aromatic rings. The normalized spacial score (nSPS) is 13.0. The van der Waals surface area contributed by atoms with Crippen molar-refractivity contribution in [3.8, 4) is 0 Å². The fourth-order valence-corrected chi connectivity index (χ4v) is 6.03. The Balaban J connectivity index is 4.53. The molecule has 2 atom stereocenters. The maximum Gasteiger partial charge on any atom is 0.472 e. The minimum absolute atomic E-state index is 0.0635. The van der Waals surface area contributed by atoms with Crippen LogP contribution in [0.3, 0.4) is 0 Å². The minimum atomic E-state index is -4.56. The summed E-state index contributed by atoms with van der Waals surface area (Å²) in [4.78, 5) is 46.7. The molecule has 2 unspecified atom stereocenters. The van der Waals surface area contributed by atoms with Crippen LogP contribution in [0.15, 0.2) is 0 Å². The molecule has 0 radical (unpaired) electrons. The van der Waals surface area contributed by atoms with Crippen LogP contribution in [-0.2, 0) is 42.1 Å². The van der Waals surface area contributed by atoms with E-state index in [1.54, 1.807) is 0 Å². The van der Waals surface area contributed by atoms with Crippen LogP contribution in [-0.4, -0.2) is 75.7 Å². The molecule has 0 saturated carbocycles. The first-order chi connectivity index (χ1) is 24.2. The van der Waals surface area contributed by atoms with Gasteiger partial charge in [-0.25, -0.2) is 9.36 Å². The Bertz CT molecular complexity index is 861. The van der Waals surface area contributed by atoms with E-state index >= 15 is 0 Å². The standard InChI is InChI=1S/C37H72NO11P/c1-4-6-8-10-12-14-16-18-20-22-24-26-35(39)46-32-34(33-48-50(42,43)47-29-28-38-37(41)45-31-30-44-3)49-36(40)27-25-23-21-19-17-15-13-11-9-7-5-2/h34H,4-33H2,1-3H3,(H,38,41)(H,42,43). The number of esters is 2. The molecule has 0 aliphatic rings. The highest BCUT2D eigenvalue weighted by molar-refractivity contribution is 7.47. The number of carbonyl (C=O) groups excluding carboxylic acids is 3. The average molecular weight is 738 g/mol. The summed E-state index contributed by atoms with van der Waals surface area (Å²) in [5.74, 6) is -0.903. The first kappa shape index (κ1) is 48.3. The molecule has 0 aliphatic heterocycles. The number of phosphoric acid groups is 1. The monoisotopic (exact) mass is 737 g/mol. The van der Waals surface area contributed by atoms with Crippen molar-refractivity contribution in [2.24, 2.45) is 0 Å². The number of unbranched alkanes of at least 4 members (excludes halogenated alkanes) is 20. The zero-order valence-electron chi connectivity index (χ0n) is 31.8. The number of nitrogens with one attached hydrogen (secondary N) is 1. The molecule has 0 aromatic carbocycles. The van der Waals surface area contributed by atoms with E-state index in [-0.39, 0.29) is 45.8 Å². The van der Waals surface area contributed by atoms with E-state index in [1.165, 1.54) is 97.0 Å². The van der Waals surface area contributed by atoms with E-state index in [0.717, 1.165) is 38.5 Å². The number of alkyl carbamates (subject to hydrolysis) is 1. The van der Waals surface area contributed by atoms with Crippen LogP contribution in [0, 0.1) is 0 Å². The molecule has 0 saturated heterocycles. The average Bonchev–Trinajstić information content (AvgIpc) is 3.09. The molecule has 1 amide bonds. The second-order valence-corrected chi connectivity index (χ2v) is 14.5. The van der Waals surface area contributed by atoms with Crippen molar-refractivity contribution in [2.45, 2.75) is 174 Å². The zero-order chi connectivity index (χ0) is 37.0. The Kier molecular flexibility index (Phi) is 34.4. The molecule has 0 aliphatic carbocycles. The number of hydrogen-bond donors (Lipinski definition) is 2. The number of ether oxygens (including phenoxy) is 4. The van der Waals surface area contributed by atoms with Crippen molar-refractivity contribution in [1.82, 2.24) is 5.32 Å². The summed E-state index contributed by atoms with van der Waals surface area (Å²) in [6, 6.07) is 0. The van der Waals surface area contributed by atoms with Crippen LogP contribution >= 0.6 is 7.82 Å². The van der Waals surface area contributed by atoms with Gasteiger partial charge in [0.1, 0.15) is 13.2 Å². The van der Waals surface area contributed by atoms with Gasteiger partial charge in [-0.3, -0.25) is 18.6 Å². The van der Waals surface area contributed by atoms with E-state index in [1.807, 2.05) is 0 Å². The molecule has 0 bridgehead atoms. The summed E-state index contributed by atoms with van der Waals surface area (Å²) in [7, 11) is -3.08. The Labute approximate surface area is 303 Å². The minimum Gasteiger partial charge on any atom is -0.462 e. The summed E-state index contributed by atoms with van der Waals surface area (Å²) >= 11 is 0. The summed E-state index contributed by atoms with van der Waals surface area (Å²) in [6.07, 6.45) is 24.2. The summed E-state index contributed by atoms with van der Waals surface area (Å²) in [6.45, 7) is 3.52. The fraction of sp³-hybridized carbons (Fsp3) is 0.919. The quantitative estimate of drug-likeness (QED) is 0.0271. The Morgan fingerprint density at radius 2 is 1.04 bits per heavy atom. The van der Waals surface area contributed by atoms with Crippen LogP contribution in [0.2, 0.25) is 0 Å². The highest BCUT2D eigenvalue weighted by Crippen LogP contribution is 2.43. The molecule has 0 heterocycles. The maximum absolute atomic E-state index is 12.6. The third-order valence-corrected chi connectivity index (χ3v) is 9.25. The van der Waals surface area contributed by atoms with Crippen LogP contribution in [0.4, 0.5) is 4.79 Å². The molecule has 12 nitrogen and oxygen atoms in total. The third kappa shape index (κ3) is 34.7. The van der Waals surface area contributed by atoms with Gasteiger partial charge in [-0.15, -0.1) is 0 Å². The molecule has 13 heteroatoms. The summed E-state index contributed by atoms with van der Waals surface area (Å²) in [5, 5.41) is 2.37. The second-order valence-electron chi connectivity index (χ2n) is 13.0. The van der Waals surface area contributed by atoms with E-state index in [9.17, 15) is 23.8 Å². The highest BCUT2D eigenvalue weighted by Gasteiger charge is 2.26. The van der Waals surface area contributed by atoms with Gasteiger partial charge in [0.2, 0.25) is 0 Å². The molecule has 0 fully saturated rings. The van der Waals surface area contributed by atoms with Crippen molar-refractivity contribution in [3.63, 3.8) is 0 Å². The first-order valence-corrected chi connectivity index (χ1v) is 21.1. The van der Waals surface area contributed by atoms with Gasteiger partial charge < -0.3 is 29.2 Å². The van der Waals surface area contributed by atoms with Crippen molar-refractivity contribution >= 4 is 25.9 Å². The molecule has 0 rings (SSSR count). The maximum atomic E-state index is 12.6.